The molecule has 14 heavy (non-hydrogen) atoms. The molecule has 1 rings (SSSR count). The Morgan fingerprint density at radius 2 is 2.07 bits per heavy atom. The van der Waals surface area contributed by atoms with Gasteiger partial charge in [-0.3, -0.25) is 9.59 Å². The molecule has 0 aromatic carbocycles. The Kier molecular flexibility index (Phi) is 2.83. The predicted octanol–water partition coefficient (Wildman–Crippen LogP) is 1.11. The van der Waals surface area contributed by atoms with E-state index in [-0.39, 0.29) is 11.4 Å². The third-order valence-electron chi connectivity index (χ3n) is 2.55. The third-order valence-corrected chi connectivity index (χ3v) is 2.55. The topological polar surface area (TPSA) is 57.6 Å². The van der Waals surface area contributed by atoms with Crippen molar-refractivity contribution in [3.63, 3.8) is 0 Å². The lowest BCUT2D eigenvalue weighted by atomic mass is 9.93. The summed E-state index contributed by atoms with van der Waals surface area (Å²) in [5.74, 6) is -2.07. The summed E-state index contributed by atoms with van der Waals surface area (Å²) in [6.07, 6.45) is 1.25. The summed E-state index contributed by atoms with van der Waals surface area (Å²) < 4.78 is 0. The van der Waals surface area contributed by atoms with Gasteiger partial charge in [0.1, 0.15) is 5.92 Å². The fraction of sp³-hybridized carbons (Fsp3) is 0.800. The summed E-state index contributed by atoms with van der Waals surface area (Å²) in [7, 11) is 0. The SMILES string of the molecule is CC(C)(C)N1CCC[C@H](C(=O)O)C1=O. The van der Waals surface area contributed by atoms with Gasteiger partial charge in [-0.25, -0.2) is 0 Å². The Morgan fingerprint density at radius 1 is 1.50 bits per heavy atom. The van der Waals surface area contributed by atoms with E-state index in [9.17, 15) is 9.59 Å². The van der Waals surface area contributed by atoms with Crippen LogP contribution in [0.15, 0.2) is 0 Å². The number of hydrogen-bond donors (Lipinski definition) is 1. The minimum atomic E-state index is -0.996. The second kappa shape index (κ2) is 3.59. The molecule has 1 atom stereocenters. The molecule has 0 spiro atoms. The monoisotopic (exact) mass is 199 g/mol. The van der Waals surface area contributed by atoms with Crippen LogP contribution >= 0.6 is 0 Å². The quantitative estimate of drug-likeness (QED) is 0.643. The molecule has 0 bridgehead atoms. The summed E-state index contributed by atoms with van der Waals surface area (Å²) >= 11 is 0. The number of rotatable bonds is 1. The summed E-state index contributed by atoms with van der Waals surface area (Å²) in [4.78, 5) is 24.2. The summed E-state index contributed by atoms with van der Waals surface area (Å²) in [6, 6.07) is 0. The van der Waals surface area contributed by atoms with Gasteiger partial charge in [0, 0.05) is 12.1 Å². The fourth-order valence-electron chi connectivity index (χ4n) is 1.77. The number of likely N-dealkylation sites (tertiary alicyclic amines) is 1. The van der Waals surface area contributed by atoms with E-state index in [2.05, 4.69) is 0 Å². The van der Waals surface area contributed by atoms with E-state index in [1.807, 2.05) is 20.8 Å². The number of carbonyl (C=O) groups is 2. The molecular weight excluding hydrogens is 182 g/mol. The van der Waals surface area contributed by atoms with Gasteiger partial charge in [0.2, 0.25) is 5.91 Å². The number of carbonyl (C=O) groups excluding carboxylic acids is 1. The molecule has 1 saturated heterocycles. The van der Waals surface area contributed by atoms with Gasteiger partial charge in [0.15, 0.2) is 0 Å². The minimum Gasteiger partial charge on any atom is -0.481 e. The fourth-order valence-corrected chi connectivity index (χ4v) is 1.77. The first-order chi connectivity index (χ1) is 6.34. The van der Waals surface area contributed by atoms with E-state index in [4.69, 9.17) is 5.11 Å². The van der Waals surface area contributed by atoms with Gasteiger partial charge in [-0.05, 0) is 33.6 Å². The van der Waals surface area contributed by atoms with Gasteiger partial charge in [-0.15, -0.1) is 0 Å². The minimum absolute atomic E-state index is 0.240. The molecule has 4 heteroatoms. The molecule has 0 radical (unpaired) electrons. The largest absolute Gasteiger partial charge is 0.481 e. The van der Waals surface area contributed by atoms with Crippen LogP contribution in [0.25, 0.3) is 0 Å². The van der Waals surface area contributed by atoms with Crippen LogP contribution in [0.5, 0.6) is 0 Å². The normalized spacial score (nSPS) is 23.8. The molecule has 4 nitrogen and oxygen atoms in total. The maximum atomic E-state index is 11.8. The van der Waals surface area contributed by atoms with E-state index < -0.39 is 11.9 Å². The van der Waals surface area contributed by atoms with E-state index in [0.717, 1.165) is 6.42 Å². The molecule has 0 aromatic heterocycles. The zero-order chi connectivity index (χ0) is 10.9. The van der Waals surface area contributed by atoms with Crippen LogP contribution in [0.1, 0.15) is 33.6 Å². The number of aliphatic carboxylic acids is 1. The van der Waals surface area contributed by atoms with Gasteiger partial charge in [-0.1, -0.05) is 0 Å². The van der Waals surface area contributed by atoms with E-state index >= 15 is 0 Å². The molecule has 0 aromatic rings. The van der Waals surface area contributed by atoms with Gasteiger partial charge in [0.25, 0.3) is 0 Å². The van der Waals surface area contributed by atoms with Crippen molar-refractivity contribution in [1.29, 1.82) is 0 Å². The first-order valence-electron chi connectivity index (χ1n) is 4.88. The van der Waals surface area contributed by atoms with Crippen molar-refractivity contribution in [2.75, 3.05) is 6.54 Å². The Hall–Kier alpha value is -1.06. The van der Waals surface area contributed by atoms with Crippen LogP contribution in [-0.4, -0.2) is 34.0 Å². The molecule has 0 aliphatic carbocycles. The molecule has 0 unspecified atom stereocenters. The smallest absolute Gasteiger partial charge is 0.316 e. The van der Waals surface area contributed by atoms with Gasteiger partial charge >= 0.3 is 5.97 Å². The molecule has 1 N–H and O–H groups in total. The Morgan fingerprint density at radius 3 is 2.50 bits per heavy atom. The maximum Gasteiger partial charge on any atom is 0.316 e. The highest BCUT2D eigenvalue weighted by atomic mass is 16.4. The standard InChI is InChI=1S/C10H17NO3/c1-10(2,3)11-6-4-5-7(8(11)12)9(13)14/h7H,4-6H2,1-3H3,(H,13,14)/t7-/m0/s1. The Balaban J connectivity index is 2.82. The summed E-state index contributed by atoms with van der Waals surface area (Å²) in [5.41, 5.74) is -0.273. The van der Waals surface area contributed by atoms with Crippen LogP contribution in [0.3, 0.4) is 0 Å². The van der Waals surface area contributed by atoms with Crippen molar-refractivity contribution < 1.29 is 14.7 Å². The highest BCUT2D eigenvalue weighted by molar-refractivity contribution is 5.97. The van der Waals surface area contributed by atoms with Gasteiger partial charge < -0.3 is 10.0 Å². The number of carboxylic acids is 1. The first kappa shape index (κ1) is 11.0. The second-order valence-corrected chi connectivity index (χ2v) is 4.69. The van der Waals surface area contributed by atoms with Crippen LogP contribution < -0.4 is 0 Å². The average Bonchev–Trinajstić information content (AvgIpc) is 2.01. The number of nitrogens with zero attached hydrogens (tertiary/aromatic N) is 1. The summed E-state index contributed by atoms with van der Waals surface area (Å²) in [5, 5.41) is 8.84. The lowest BCUT2D eigenvalue weighted by molar-refractivity contribution is -0.156. The number of carboxylic acid groups (broad SMARTS) is 1. The molecular formula is C10H17NO3. The summed E-state index contributed by atoms with van der Waals surface area (Å²) in [6.45, 7) is 6.45. The Bertz CT molecular complexity index is 255. The molecule has 80 valence electrons. The molecule has 1 aliphatic rings. The van der Waals surface area contributed by atoms with Crippen molar-refractivity contribution >= 4 is 11.9 Å². The highest BCUT2D eigenvalue weighted by Gasteiger charge is 2.38. The van der Waals surface area contributed by atoms with E-state index in [0.29, 0.717) is 13.0 Å². The van der Waals surface area contributed by atoms with Gasteiger partial charge in [0.05, 0.1) is 0 Å². The zero-order valence-corrected chi connectivity index (χ0v) is 8.91. The van der Waals surface area contributed by atoms with Crippen molar-refractivity contribution in [2.24, 2.45) is 5.92 Å². The van der Waals surface area contributed by atoms with Crippen molar-refractivity contribution in [3.05, 3.63) is 0 Å². The number of piperidine rings is 1. The van der Waals surface area contributed by atoms with Crippen LogP contribution in [-0.2, 0) is 9.59 Å². The number of hydrogen-bond acceptors (Lipinski definition) is 2. The predicted molar refractivity (Wildman–Crippen MR) is 51.8 cm³/mol. The lowest BCUT2D eigenvalue weighted by Gasteiger charge is -2.40. The van der Waals surface area contributed by atoms with E-state index in [1.54, 1.807) is 4.90 Å². The highest BCUT2D eigenvalue weighted by Crippen LogP contribution is 2.24. The first-order valence-corrected chi connectivity index (χ1v) is 4.88. The van der Waals surface area contributed by atoms with Crippen LogP contribution in [0.2, 0.25) is 0 Å². The van der Waals surface area contributed by atoms with Crippen molar-refractivity contribution in [2.45, 2.75) is 39.2 Å². The van der Waals surface area contributed by atoms with Crippen LogP contribution in [0, 0.1) is 5.92 Å². The maximum absolute atomic E-state index is 11.8. The molecule has 1 aliphatic heterocycles. The van der Waals surface area contributed by atoms with Crippen molar-refractivity contribution in [1.82, 2.24) is 4.90 Å². The number of amides is 1. The zero-order valence-electron chi connectivity index (χ0n) is 8.91. The molecule has 0 saturated carbocycles. The van der Waals surface area contributed by atoms with Gasteiger partial charge in [-0.2, -0.15) is 0 Å². The molecule has 1 fully saturated rings. The Labute approximate surface area is 83.9 Å². The van der Waals surface area contributed by atoms with Crippen LogP contribution in [0.4, 0.5) is 0 Å². The molecule has 1 heterocycles. The average molecular weight is 199 g/mol. The third kappa shape index (κ3) is 2.05. The lowest BCUT2D eigenvalue weighted by Crippen LogP contribution is -2.52. The van der Waals surface area contributed by atoms with E-state index in [1.165, 1.54) is 0 Å². The van der Waals surface area contributed by atoms with Crippen molar-refractivity contribution in [3.8, 4) is 0 Å². The molecule has 1 amide bonds. The second-order valence-electron chi connectivity index (χ2n) is 4.69.